The number of rotatable bonds is 8. The molecule has 1 aromatic rings. The third kappa shape index (κ3) is 5.95. The highest BCUT2D eigenvalue weighted by atomic mass is 16.5. The molecule has 1 aromatic carbocycles. The lowest BCUT2D eigenvalue weighted by Crippen LogP contribution is -2.40. The molecule has 21 heavy (non-hydrogen) atoms. The highest BCUT2D eigenvalue weighted by molar-refractivity contribution is 5.96. The van der Waals surface area contributed by atoms with Crippen LogP contribution >= 0.6 is 0 Å². The average Bonchev–Trinajstić information content (AvgIpc) is 2.45. The molecular formula is C16H23NO4. The van der Waals surface area contributed by atoms with Crippen molar-refractivity contribution in [3.05, 3.63) is 35.4 Å². The standard InChI is InChI=1S/C16H23NO4/c1-4-5-14(16(19)20)17-15(18)13-8-6-12(7-9-13)10-21-11(2)3/h6-9,11,14H,4-5,10H2,1-3H3,(H,17,18)(H,19,20)/t14-/m1/s1. The summed E-state index contributed by atoms with van der Waals surface area (Å²) in [7, 11) is 0. The van der Waals surface area contributed by atoms with E-state index in [0.29, 0.717) is 25.0 Å². The van der Waals surface area contributed by atoms with E-state index in [2.05, 4.69) is 5.32 Å². The van der Waals surface area contributed by atoms with Crippen molar-refractivity contribution in [3.8, 4) is 0 Å². The second-order valence-corrected chi connectivity index (χ2v) is 5.21. The number of aliphatic carboxylic acids is 1. The summed E-state index contributed by atoms with van der Waals surface area (Å²) in [6.45, 7) is 6.29. The number of benzene rings is 1. The fourth-order valence-electron chi connectivity index (χ4n) is 1.80. The van der Waals surface area contributed by atoms with Crippen molar-refractivity contribution < 1.29 is 19.4 Å². The zero-order valence-corrected chi connectivity index (χ0v) is 12.8. The third-order valence-electron chi connectivity index (χ3n) is 2.98. The molecule has 0 unspecified atom stereocenters. The van der Waals surface area contributed by atoms with Gasteiger partial charge in [0.25, 0.3) is 5.91 Å². The van der Waals surface area contributed by atoms with E-state index in [-0.39, 0.29) is 12.0 Å². The summed E-state index contributed by atoms with van der Waals surface area (Å²) < 4.78 is 5.48. The van der Waals surface area contributed by atoms with E-state index in [1.165, 1.54) is 0 Å². The summed E-state index contributed by atoms with van der Waals surface area (Å²) in [4.78, 5) is 23.0. The Balaban J connectivity index is 2.63. The van der Waals surface area contributed by atoms with Crippen LogP contribution in [0.4, 0.5) is 0 Å². The van der Waals surface area contributed by atoms with Gasteiger partial charge in [-0.25, -0.2) is 4.79 Å². The predicted molar refractivity (Wildman–Crippen MR) is 80.2 cm³/mol. The average molecular weight is 293 g/mol. The summed E-state index contributed by atoms with van der Waals surface area (Å²) in [6.07, 6.45) is 1.27. The Hall–Kier alpha value is -1.88. The van der Waals surface area contributed by atoms with Crippen LogP contribution in [-0.2, 0) is 16.1 Å². The maximum absolute atomic E-state index is 12.0. The van der Waals surface area contributed by atoms with Crippen molar-refractivity contribution in [2.24, 2.45) is 0 Å². The maximum Gasteiger partial charge on any atom is 0.326 e. The van der Waals surface area contributed by atoms with E-state index in [1.807, 2.05) is 32.9 Å². The van der Waals surface area contributed by atoms with E-state index in [4.69, 9.17) is 9.84 Å². The molecule has 0 radical (unpaired) electrons. The molecule has 0 saturated carbocycles. The van der Waals surface area contributed by atoms with Crippen LogP contribution in [0.5, 0.6) is 0 Å². The Bertz CT molecular complexity index is 468. The van der Waals surface area contributed by atoms with E-state index >= 15 is 0 Å². The molecule has 0 bridgehead atoms. The number of carbonyl (C=O) groups is 2. The summed E-state index contributed by atoms with van der Waals surface area (Å²) >= 11 is 0. The molecule has 0 saturated heterocycles. The molecule has 1 rings (SSSR count). The number of carboxylic acids is 1. The van der Waals surface area contributed by atoms with Gasteiger partial charge in [-0.15, -0.1) is 0 Å². The Kier molecular flexibility index (Phi) is 6.88. The summed E-state index contributed by atoms with van der Waals surface area (Å²) in [5, 5.41) is 11.6. The number of carbonyl (C=O) groups excluding carboxylic acids is 1. The van der Waals surface area contributed by atoms with Crippen molar-refractivity contribution in [2.45, 2.75) is 52.4 Å². The zero-order valence-electron chi connectivity index (χ0n) is 12.8. The molecule has 5 heteroatoms. The van der Waals surface area contributed by atoms with Gasteiger partial charge in [0, 0.05) is 5.56 Å². The molecule has 5 nitrogen and oxygen atoms in total. The summed E-state index contributed by atoms with van der Waals surface area (Å²) in [5.41, 5.74) is 1.43. The lowest BCUT2D eigenvalue weighted by atomic mass is 10.1. The van der Waals surface area contributed by atoms with Gasteiger partial charge in [-0.2, -0.15) is 0 Å². The highest BCUT2D eigenvalue weighted by Gasteiger charge is 2.19. The van der Waals surface area contributed by atoms with Gasteiger partial charge in [0.1, 0.15) is 6.04 Å². The molecule has 1 atom stereocenters. The minimum atomic E-state index is -1.01. The molecule has 1 amide bonds. The molecular weight excluding hydrogens is 270 g/mol. The molecule has 0 aliphatic rings. The van der Waals surface area contributed by atoms with Crippen LogP contribution < -0.4 is 5.32 Å². The Morgan fingerprint density at radius 3 is 2.33 bits per heavy atom. The quantitative estimate of drug-likeness (QED) is 0.772. The number of carboxylic acid groups (broad SMARTS) is 1. The normalized spacial score (nSPS) is 12.2. The predicted octanol–water partition coefficient (Wildman–Crippen LogP) is 2.59. The van der Waals surface area contributed by atoms with Crippen LogP contribution in [0.1, 0.15) is 49.5 Å². The van der Waals surface area contributed by atoms with Crippen molar-refractivity contribution in [2.75, 3.05) is 0 Å². The molecule has 0 fully saturated rings. The molecule has 116 valence electrons. The lowest BCUT2D eigenvalue weighted by molar-refractivity contribution is -0.139. The number of nitrogens with one attached hydrogen (secondary N) is 1. The molecule has 0 heterocycles. The summed E-state index contributed by atoms with van der Waals surface area (Å²) in [6, 6.07) is 6.14. The van der Waals surface area contributed by atoms with Gasteiger partial charge in [0.05, 0.1) is 12.7 Å². The largest absolute Gasteiger partial charge is 0.480 e. The van der Waals surface area contributed by atoms with Gasteiger partial charge < -0.3 is 15.2 Å². The zero-order chi connectivity index (χ0) is 15.8. The topological polar surface area (TPSA) is 75.6 Å². The molecule has 0 aromatic heterocycles. The van der Waals surface area contributed by atoms with E-state index in [9.17, 15) is 9.59 Å². The summed E-state index contributed by atoms with van der Waals surface area (Å²) in [5.74, 6) is -1.38. The van der Waals surface area contributed by atoms with Gasteiger partial charge in [-0.3, -0.25) is 4.79 Å². The number of amides is 1. The maximum atomic E-state index is 12.0. The first-order valence-electron chi connectivity index (χ1n) is 7.18. The number of ether oxygens (including phenoxy) is 1. The Morgan fingerprint density at radius 2 is 1.86 bits per heavy atom. The van der Waals surface area contributed by atoms with Gasteiger partial charge in [0.15, 0.2) is 0 Å². The van der Waals surface area contributed by atoms with Crippen molar-refractivity contribution >= 4 is 11.9 Å². The first-order valence-corrected chi connectivity index (χ1v) is 7.18. The van der Waals surface area contributed by atoms with E-state index in [0.717, 1.165) is 5.56 Å². The number of hydrogen-bond acceptors (Lipinski definition) is 3. The van der Waals surface area contributed by atoms with E-state index < -0.39 is 12.0 Å². The van der Waals surface area contributed by atoms with Gasteiger partial charge in [-0.1, -0.05) is 25.5 Å². The SMILES string of the molecule is CCC[C@@H](NC(=O)c1ccc(COC(C)C)cc1)C(=O)O. The Labute approximate surface area is 125 Å². The van der Waals surface area contributed by atoms with Crippen LogP contribution in [-0.4, -0.2) is 29.1 Å². The van der Waals surface area contributed by atoms with E-state index in [1.54, 1.807) is 12.1 Å². The fourth-order valence-corrected chi connectivity index (χ4v) is 1.80. The molecule has 0 spiro atoms. The smallest absolute Gasteiger partial charge is 0.326 e. The first-order chi connectivity index (χ1) is 9.93. The minimum Gasteiger partial charge on any atom is -0.480 e. The first kappa shape index (κ1) is 17.2. The fraction of sp³-hybridized carbons (Fsp3) is 0.500. The van der Waals surface area contributed by atoms with Crippen molar-refractivity contribution in [1.29, 1.82) is 0 Å². The number of hydrogen-bond donors (Lipinski definition) is 2. The lowest BCUT2D eigenvalue weighted by Gasteiger charge is -2.14. The Morgan fingerprint density at radius 1 is 1.24 bits per heavy atom. The van der Waals surface area contributed by atoms with Crippen molar-refractivity contribution in [3.63, 3.8) is 0 Å². The van der Waals surface area contributed by atoms with Crippen LogP contribution in [0.15, 0.2) is 24.3 Å². The van der Waals surface area contributed by atoms with Crippen molar-refractivity contribution in [1.82, 2.24) is 5.32 Å². The molecule has 2 N–H and O–H groups in total. The second kappa shape index (κ2) is 8.42. The van der Waals surface area contributed by atoms with Gasteiger partial charge >= 0.3 is 5.97 Å². The monoisotopic (exact) mass is 293 g/mol. The van der Waals surface area contributed by atoms with Crippen LogP contribution in [0, 0.1) is 0 Å². The molecule has 0 aliphatic heterocycles. The van der Waals surface area contributed by atoms with Crippen LogP contribution in [0.3, 0.4) is 0 Å². The third-order valence-corrected chi connectivity index (χ3v) is 2.98. The van der Waals surface area contributed by atoms with Gasteiger partial charge in [-0.05, 0) is 38.0 Å². The highest BCUT2D eigenvalue weighted by Crippen LogP contribution is 2.08. The van der Waals surface area contributed by atoms with Crippen LogP contribution in [0.25, 0.3) is 0 Å². The second-order valence-electron chi connectivity index (χ2n) is 5.21. The minimum absolute atomic E-state index is 0.151. The van der Waals surface area contributed by atoms with Crippen LogP contribution in [0.2, 0.25) is 0 Å². The molecule has 0 aliphatic carbocycles. The van der Waals surface area contributed by atoms with Gasteiger partial charge in [0.2, 0.25) is 0 Å².